The molecule has 2 aromatic carbocycles. The van der Waals surface area contributed by atoms with Crippen molar-refractivity contribution in [1.29, 1.82) is 0 Å². The summed E-state index contributed by atoms with van der Waals surface area (Å²) in [7, 11) is 3.09. The minimum absolute atomic E-state index is 0.163. The fourth-order valence-corrected chi connectivity index (χ4v) is 3.91. The molecule has 7 heteroatoms. The van der Waals surface area contributed by atoms with Crippen molar-refractivity contribution >= 4 is 5.91 Å². The lowest BCUT2D eigenvalue weighted by atomic mass is 10.00. The van der Waals surface area contributed by atoms with E-state index >= 15 is 0 Å². The van der Waals surface area contributed by atoms with Gasteiger partial charge in [0.2, 0.25) is 11.7 Å². The molecule has 0 saturated carbocycles. The van der Waals surface area contributed by atoms with Crippen LogP contribution in [0.15, 0.2) is 47.0 Å². The van der Waals surface area contributed by atoms with Crippen LogP contribution in [0.5, 0.6) is 11.5 Å². The minimum atomic E-state index is -0.285. The topological polar surface area (TPSA) is 77.7 Å². The molecule has 2 heterocycles. The van der Waals surface area contributed by atoms with Gasteiger partial charge in [-0.3, -0.25) is 4.79 Å². The second-order valence-corrected chi connectivity index (χ2v) is 7.37. The van der Waals surface area contributed by atoms with Crippen molar-refractivity contribution < 1.29 is 18.8 Å². The number of amides is 1. The number of carbonyl (C=O) groups is 1. The molecule has 4 rings (SSSR count). The van der Waals surface area contributed by atoms with Gasteiger partial charge in [0, 0.05) is 12.1 Å². The van der Waals surface area contributed by atoms with E-state index in [1.807, 2.05) is 31.2 Å². The summed E-state index contributed by atoms with van der Waals surface area (Å²) in [5.41, 5.74) is 2.43. The average Bonchev–Trinajstić information content (AvgIpc) is 3.28. The lowest BCUT2D eigenvalue weighted by Gasteiger charge is -2.34. The first-order valence-electron chi connectivity index (χ1n) is 10.0. The van der Waals surface area contributed by atoms with E-state index in [9.17, 15) is 4.79 Å². The van der Waals surface area contributed by atoms with Crippen LogP contribution in [-0.4, -0.2) is 41.7 Å². The summed E-state index contributed by atoms with van der Waals surface area (Å²) in [6.07, 6.45) is 2.66. The molecule has 0 spiro atoms. The number of benzene rings is 2. The number of rotatable bonds is 5. The van der Waals surface area contributed by atoms with Crippen LogP contribution < -0.4 is 9.47 Å². The van der Waals surface area contributed by atoms with E-state index in [0.717, 1.165) is 30.4 Å². The molecule has 3 aromatic rings. The van der Waals surface area contributed by atoms with Crippen LogP contribution in [0.2, 0.25) is 0 Å². The Bertz CT molecular complexity index is 1020. The highest BCUT2D eigenvalue weighted by molar-refractivity contribution is 6.00. The smallest absolute Gasteiger partial charge is 0.262 e. The van der Waals surface area contributed by atoms with Gasteiger partial charge in [-0.15, -0.1) is 0 Å². The normalized spacial score (nSPS) is 16.4. The van der Waals surface area contributed by atoms with E-state index in [-0.39, 0.29) is 11.9 Å². The number of hydrogen-bond acceptors (Lipinski definition) is 6. The summed E-state index contributed by atoms with van der Waals surface area (Å²) in [6.45, 7) is 2.62. The molecule has 0 aliphatic carbocycles. The number of likely N-dealkylation sites (tertiary alicyclic amines) is 1. The van der Waals surface area contributed by atoms with Gasteiger partial charge in [0.05, 0.1) is 14.2 Å². The van der Waals surface area contributed by atoms with Crippen LogP contribution in [0.1, 0.15) is 47.1 Å². The van der Waals surface area contributed by atoms with Crippen LogP contribution in [-0.2, 0) is 0 Å². The fraction of sp³-hybridized carbons (Fsp3) is 0.348. The molecule has 1 amide bonds. The Morgan fingerprint density at radius 2 is 1.83 bits per heavy atom. The first-order valence-corrected chi connectivity index (χ1v) is 10.0. The lowest BCUT2D eigenvalue weighted by Crippen LogP contribution is -2.39. The van der Waals surface area contributed by atoms with Crippen molar-refractivity contribution in [3.63, 3.8) is 0 Å². The maximum Gasteiger partial charge on any atom is 0.262 e. The third kappa shape index (κ3) is 3.75. The van der Waals surface area contributed by atoms with E-state index in [1.165, 1.54) is 0 Å². The van der Waals surface area contributed by atoms with Crippen LogP contribution in [0.3, 0.4) is 0 Å². The molecule has 1 saturated heterocycles. The number of nitrogens with zero attached hydrogens (tertiary/aromatic N) is 3. The van der Waals surface area contributed by atoms with E-state index in [1.54, 1.807) is 37.3 Å². The van der Waals surface area contributed by atoms with Crippen molar-refractivity contribution in [2.45, 2.75) is 32.2 Å². The van der Waals surface area contributed by atoms with Crippen LogP contribution in [0.25, 0.3) is 11.4 Å². The van der Waals surface area contributed by atoms with Gasteiger partial charge < -0.3 is 18.9 Å². The van der Waals surface area contributed by atoms with Crippen molar-refractivity contribution in [2.75, 3.05) is 20.8 Å². The highest BCUT2D eigenvalue weighted by Gasteiger charge is 2.35. The highest BCUT2D eigenvalue weighted by Crippen LogP contribution is 2.36. The maximum atomic E-state index is 13.5. The molecular formula is C23H25N3O4. The Kier molecular flexibility index (Phi) is 5.70. The molecule has 0 N–H and O–H groups in total. The van der Waals surface area contributed by atoms with Gasteiger partial charge >= 0.3 is 0 Å². The molecule has 156 valence electrons. The third-order valence-corrected chi connectivity index (χ3v) is 5.41. The van der Waals surface area contributed by atoms with E-state index in [2.05, 4.69) is 10.1 Å². The molecule has 0 radical (unpaired) electrons. The maximum absolute atomic E-state index is 13.5. The Morgan fingerprint density at radius 1 is 1.10 bits per heavy atom. The number of ether oxygens (including phenoxy) is 2. The van der Waals surface area contributed by atoms with Gasteiger partial charge in [0.25, 0.3) is 5.91 Å². The Morgan fingerprint density at radius 3 is 2.53 bits per heavy atom. The number of carbonyl (C=O) groups excluding carboxylic acids is 1. The Hall–Kier alpha value is -3.35. The Balaban J connectivity index is 1.67. The third-order valence-electron chi connectivity index (χ3n) is 5.41. The van der Waals surface area contributed by atoms with Gasteiger partial charge in [0.15, 0.2) is 0 Å². The second-order valence-electron chi connectivity index (χ2n) is 7.37. The minimum Gasteiger partial charge on any atom is -0.496 e. The van der Waals surface area contributed by atoms with Gasteiger partial charge in [0.1, 0.15) is 23.1 Å². The molecule has 30 heavy (non-hydrogen) atoms. The van der Waals surface area contributed by atoms with Crippen molar-refractivity contribution in [2.24, 2.45) is 0 Å². The van der Waals surface area contributed by atoms with E-state index < -0.39 is 0 Å². The molecule has 0 unspecified atom stereocenters. The lowest BCUT2D eigenvalue weighted by molar-refractivity contribution is 0.0554. The molecule has 1 fully saturated rings. The first kappa shape index (κ1) is 19.9. The van der Waals surface area contributed by atoms with Gasteiger partial charge in [-0.05, 0) is 44.4 Å². The van der Waals surface area contributed by atoms with Gasteiger partial charge in [-0.1, -0.05) is 35.0 Å². The summed E-state index contributed by atoms with van der Waals surface area (Å²) < 4.78 is 16.5. The van der Waals surface area contributed by atoms with E-state index in [0.29, 0.717) is 35.3 Å². The number of methoxy groups -OCH3 is 2. The number of aromatic nitrogens is 2. The SMILES string of the molecule is COc1cccc(OC)c1C(=O)N1CCCC[C@H]1c1nc(-c2cccc(C)c2)no1. The van der Waals surface area contributed by atoms with Crippen molar-refractivity contribution in [1.82, 2.24) is 15.0 Å². The van der Waals surface area contributed by atoms with Crippen LogP contribution in [0.4, 0.5) is 0 Å². The monoisotopic (exact) mass is 407 g/mol. The van der Waals surface area contributed by atoms with Crippen LogP contribution >= 0.6 is 0 Å². The van der Waals surface area contributed by atoms with Crippen molar-refractivity contribution in [3.8, 4) is 22.9 Å². The number of piperidine rings is 1. The largest absolute Gasteiger partial charge is 0.496 e. The predicted octanol–water partition coefficient (Wildman–Crippen LogP) is 4.43. The quantitative estimate of drug-likeness (QED) is 0.623. The molecular weight excluding hydrogens is 382 g/mol. The zero-order chi connectivity index (χ0) is 21.1. The van der Waals surface area contributed by atoms with E-state index in [4.69, 9.17) is 14.0 Å². The molecule has 1 aliphatic rings. The first-order chi connectivity index (χ1) is 14.6. The molecule has 1 aliphatic heterocycles. The van der Waals surface area contributed by atoms with Gasteiger partial charge in [-0.2, -0.15) is 4.98 Å². The highest BCUT2D eigenvalue weighted by atomic mass is 16.5. The average molecular weight is 407 g/mol. The summed E-state index contributed by atoms with van der Waals surface area (Å²) in [6, 6.07) is 13.0. The summed E-state index contributed by atoms with van der Waals surface area (Å²) in [5, 5.41) is 4.16. The number of aryl methyl sites for hydroxylation is 1. The Labute approximate surface area is 175 Å². The fourth-order valence-electron chi connectivity index (χ4n) is 3.91. The zero-order valence-electron chi connectivity index (χ0n) is 17.4. The predicted molar refractivity (Wildman–Crippen MR) is 112 cm³/mol. The summed E-state index contributed by atoms with van der Waals surface area (Å²) in [5.74, 6) is 1.78. The number of hydrogen-bond donors (Lipinski definition) is 0. The van der Waals surface area contributed by atoms with Crippen molar-refractivity contribution in [3.05, 3.63) is 59.5 Å². The zero-order valence-corrected chi connectivity index (χ0v) is 17.4. The summed E-state index contributed by atoms with van der Waals surface area (Å²) in [4.78, 5) is 20.0. The molecule has 1 atom stereocenters. The summed E-state index contributed by atoms with van der Waals surface area (Å²) >= 11 is 0. The molecule has 0 bridgehead atoms. The molecule has 1 aromatic heterocycles. The molecule has 7 nitrogen and oxygen atoms in total. The van der Waals surface area contributed by atoms with Crippen LogP contribution in [0, 0.1) is 6.92 Å². The second kappa shape index (κ2) is 8.57. The van der Waals surface area contributed by atoms with Gasteiger partial charge in [-0.25, -0.2) is 0 Å². The standard InChI is InChI=1S/C23H25N3O4/c1-15-8-6-9-16(14-15)21-24-22(30-25-21)17-10-4-5-13-26(17)23(27)20-18(28-2)11-7-12-19(20)29-3/h6-9,11-12,14,17H,4-5,10,13H2,1-3H3/t17-/m0/s1.